The van der Waals surface area contributed by atoms with E-state index >= 15 is 0 Å². The fourth-order valence-electron chi connectivity index (χ4n) is 2.77. The molecule has 0 spiro atoms. The molecule has 0 radical (unpaired) electrons. The summed E-state index contributed by atoms with van der Waals surface area (Å²) >= 11 is 1.65. The largest absolute Gasteiger partial charge is 0.372 e. The summed E-state index contributed by atoms with van der Waals surface area (Å²) in [5.74, 6) is 0. The van der Waals surface area contributed by atoms with Crippen LogP contribution in [0.25, 0.3) is 10.6 Å². The number of benzene rings is 1. The fraction of sp³-hybridized carbons (Fsp3) is 0.333. The predicted molar refractivity (Wildman–Crippen MR) is 113 cm³/mol. The summed E-state index contributed by atoms with van der Waals surface area (Å²) in [7, 11) is 1.99. The van der Waals surface area contributed by atoms with E-state index in [1.807, 2.05) is 37.3 Å². The second-order valence-electron chi connectivity index (χ2n) is 6.21. The van der Waals surface area contributed by atoms with Gasteiger partial charge in [-0.2, -0.15) is 0 Å². The molecule has 26 heavy (non-hydrogen) atoms. The third-order valence-corrected chi connectivity index (χ3v) is 5.26. The van der Waals surface area contributed by atoms with Crippen molar-refractivity contribution in [3.8, 4) is 10.6 Å². The molecule has 1 heterocycles. The van der Waals surface area contributed by atoms with Gasteiger partial charge in [0.15, 0.2) is 0 Å². The maximum atomic E-state index is 10.7. The quantitative estimate of drug-likeness (QED) is 0.367. The number of aldehydes is 1. The van der Waals surface area contributed by atoms with Gasteiger partial charge in [-0.25, -0.2) is 4.98 Å². The molecule has 5 heteroatoms. The standard InChI is InChI=1S/C21H27N3OS/c1-6-24(7-2)19-10-8-18(9-11-19)21-22-13-20(26-21)23(5)14-16(3)12-17(4)15-25/h8-15H,6-7H2,1-5H3/b16-14-,17-12-. The Morgan fingerprint density at radius 1 is 1.12 bits per heavy atom. The van der Waals surface area contributed by atoms with Crippen molar-refractivity contribution in [2.24, 2.45) is 0 Å². The molecule has 0 aliphatic heterocycles. The Morgan fingerprint density at radius 2 is 1.77 bits per heavy atom. The highest BCUT2D eigenvalue weighted by atomic mass is 32.1. The van der Waals surface area contributed by atoms with Crippen molar-refractivity contribution in [3.05, 3.63) is 53.9 Å². The summed E-state index contributed by atoms with van der Waals surface area (Å²) in [6.45, 7) is 10.1. The monoisotopic (exact) mass is 369 g/mol. The number of hydrogen-bond donors (Lipinski definition) is 0. The summed E-state index contributed by atoms with van der Waals surface area (Å²) in [6, 6.07) is 8.58. The fourth-order valence-corrected chi connectivity index (χ4v) is 3.62. The molecule has 2 rings (SSSR count). The van der Waals surface area contributed by atoms with E-state index in [0.717, 1.165) is 40.5 Å². The van der Waals surface area contributed by atoms with Crippen molar-refractivity contribution >= 4 is 28.3 Å². The molecule has 0 unspecified atom stereocenters. The van der Waals surface area contributed by atoms with Crippen LogP contribution in [-0.4, -0.2) is 31.4 Å². The van der Waals surface area contributed by atoms with Gasteiger partial charge < -0.3 is 9.80 Å². The van der Waals surface area contributed by atoms with Gasteiger partial charge >= 0.3 is 0 Å². The zero-order chi connectivity index (χ0) is 19.1. The maximum absolute atomic E-state index is 10.7. The van der Waals surface area contributed by atoms with E-state index in [0.29, 0.717) is 5.57 Å². The van der Waals surface area contributed by atoms with Crippen LogP contribution in [-0.2, 0) is 4.79 Å². The van der Waals surface area contributed by atoms with Crippen LogP contribution in [0.15, 0.2) is 53.9 Å². The first-order valence-corrected chi connectivity index (χ1v) is 9.66. The minimum atomic E-state index is 0.713. The molecule has 1 aromatic carbocycles. The van der Waals surface area contributed by atoms with Gasteiger partial charge in [-0.05, 0) is 63.1 Å². The molecule has 0 bridgehead atoms. The Bertz CT molecular complexity index is 786. The lowest BCUT2D eigenvalue weighted by atomic mass is 10.2. The van der Waals surface area contributed by atoms with Gasteiger partial charge in [-0.3, -0.25) is 4.79 Å². The van der Waals surface area contributed by atoms with Gasteiger partial charge in [0.2, 0.25) is 0 Å². The smallest absolute Gasteiger partial charge is 0.145 e. The summed E-state index contributed by atoms with van der Waals surface area (Å²) in [5.41, 5.74) is 4.10. The Kier molecular flexibility index (Phi) is 7.16. The molecule has 0 aliphatic carbocycles. The molecule has 0 saturated heterocycles. The van der Waals surface area contributed by atoms with Gasteiger partial charge in [0, 0.05) is 37.6 Å². The molecule has 0 fully saturated rings. The van der Waals surface area contributed by atoms with E-state index in [1.165, 1.54) is 5.69 Å². The van der Waals surface area contributed by atoms with Crippen molar-refractivity contribution in [1.82, 2.24) is 4.98 Å². The van der Waals surface area contributed by atoms with Crippen LogP contribution in [0, 0.1) is 0 Å². The molecule has 138 valence electrons. The molecule has 0 atom stereocenters. The third-order valence-electron chi connectivity index (χ3n) is 4.12. The molecule has 0 saturated carbocycles. The van der Waals surface area contributed by atoms with Gasteiger partial charge in [-0.1, -0.05) is 17.4 Å². The highest BCUT2D eigenvalue weighted by Crippen LogP contribution is 2.31. The Hall–Kier alpha value is -2.40. The van der Waals surface area contributed by atoms with Gasteiger partial charge in [0.05, 0.1) is 6.20 Å². The minimum Gasteiger partial charge on any atom is -0.372 e. The van der Waals surface area contributed by atoms with Crippen LogP contribution in [0.1, 0.15) is 27.7 Å². The first-order chi connectivity index (χ1) is 12.5. The molecule has 0 N–H and O–H groups in total. The van der Waals surface area contributed by atoms with E-state index < -0.39 is 0 Å². The van der Waals surface area contributed by atoms with Gasteiger partial charge in [0.1, 0.15) is 16.3 Å². The number of nitrogens with zero attached hydrogens (tertiary/aromatic N) is 3. The zero-order valence-electron chi connectivity index (χ0n) is 16.2. The number of rotatable bonds is 8. The van der Waals surface area contributed by atoms with Crippen molar-refractivity contribution < 1.29 is 4.79 Å². The molecular formula is C21H27N3OS. The first kappa shape index (κ1) is 19.9. The zero-order valence-corrected chi connectivity index (χ0v) is 17.0. The summed E-state index contributed by atoms with van der Waals surface area (Å²) in [6.07, 6.45) is 6.63. The number of anilines is 2. The lowest BCUT2D eigenvalue weighted by molar-refractivity contribution is -0.104. The first-order valence-electron chi connectivity index (χ1n) is 8.84. The number of carbonyl (C=O) groups is 1. The van der Waals surface area contributed by atoms with Crippen molar-refractivity contribution in [2.45, 2.75) is 27.7 Å². The number of aromatic nitrogens is 1. The SMILES string of the molecule is CCN(CC)c1ccc(-c2ncc(N(C)/C=C(C)\C=C(\C)C=O)s2)cc1. The highest BCUT2D eigenvalue weighted by Gasteiger charge is 2.08. The molecule has 2 aromatic rings. The third kappa shape index (κ3) is 5.05. The number of hydrogen-bond acceptors (Lipinski definition) is 5. The Balaban J connectivity index is 2.16. The summed E-state index contributed by atoms with van der Waals surface area (Å²) < 4.78 is 0. The lowest BCUT2D eigenvalue weighted by Gasteiger charge is -2.20. The number of carbonyl (C=O) groups excluding carboxylic acids is 1. The second kappa shape index (κ2) is 9.34. The van der Waals surface area contributed by atoms with Crippen LogP contribution in [0.4, 0.5) is 10.7 Å². The van der Waals surface area contributed by atoms with E-state index in [-0.39, 0.29) is 0 Å². The highest BCUT2D eigenvalue weighted by molar-refractivity contribution is 7.18. The van der Waals surface area contributed by atoms with Gasteiger partial charge in [0.25, 0.3) is 0 Å². The van der Waals surface area contributed by atoms with Crippen LogP contribution in [0.2, 0.25) is 0 Å². The van der Waals surface area contributed by atoms with Crippen molar-refractivity contribution in [3.63, 3.8) is 0 Å². The number of allylic oxidation sites excluding steroid dienone is 3. The van der Waals surface area contributed by atoms with Crippen LogP contribution in [0.5, 0.6) is 0 Å². The average molecular weight is 370 g/mol. The number of thiazole rings is 1. The lowest BCUT2D eigenvalue weighted by Crippen LogP contribution is -2.21. The second-order valence-corrected chi connectivity index (χ2v) is 7.22. The maximum Gasteiger partial charge on any atom is 0.145 e. The predicted octanol–water partition coefficient (Wildman–Crippen LogP) is 5.14. The molecule has 1 aromatic heterocycles. The van der Waals surface area contributed by atoms with Gasteiger partial charge in [-0.15, -0.1) is 0 Å². The molecule has 0 aliphatic rings. The molecule has 0 amide bonds. The van der Waals surface area contributed by atoms with Crippen LogP contribution >= 0.6 is 11.3 Å². The van der Waals surface area contributed by atoms with E-state index in [9.17, 15) is 4.79 Å². The average Bonchev–Trinajstić information content (AvgIpc) is 3.13. The van der Waals surface area contributed by atoms with Crippen molar-refractivity contribution in [2.75, 3.05) is 29.9 Å². The summed E-state index contributed by atoms with van der Waals surface area (Å²) in [5, 5.41) is 2.06. The topological polar surface area (TPSA) is 36.4 Å². The molecule has 4 nitrogen and oxygen atoms in total. The normalized spacial score (nSPS) is 12.2. The summed E-state index contributed by atoms with van der Waals surface area (Å²) in [4.78, 5) is 19.7. The van der Waals surface area contributed by atoms with E-state index in [1.54, 1.807) is 18.3 Å². The van der Waals surface area contributed by atoms with Crippen LogP contribution < -0.4 is 9.80 Å². The Morgan fingerprint density at radius 3 is 2.35 bits per heavy atom. The van der Waals surface area contributed by atoms with Crippen molar-refractivity contribution in [1.29, 1.82) is 0 Å². The van der Waals surface area contributed by atoms with Crippen LogP contribution in [0.3, 0.4) is 0 Å². The minimum absolute atomic E-state index is 0.713. The van der Waals surface area contributed by atoms with E-state index in [2.05, 4.69) is 48.0 Å². The Labute approximate surface area is 160 Å². The molecular weight excluding hydrogens is 342 g/mol. The van der Waals surface area contributed by atoms with E-state index in [4.69, 9.17) is 0 Å².